The van der Waals surface area contributed by atoms with E-state index < -0.39 is 9.84 Å². The van der Waals surface area contributed by atoms with E-state index in [2.05, 4.69) is 0 Å². The topological polar surface area (TPSA) is 60.2 Å². The van der Waals surface area contributed by atoms with Gasteiger partial charge in [-0.3, -0.25) is 0 Å². The molecule has 94 valence electrons. The third kappa shape index (κ3) is 2.66. The second kappa shape index (κ2) is 5.00. The molecule has 0 aliphatic carbocycles. The van der Waals surface area contributed by atoms with Gasteiger partial charge >= 0.3 is 0 Å². The van der Waals surface area contributed by atoms with Gasteiger partial charge in [-0.05, 0) is 24.3 Å². The first-order chi connectivity index (χ1) is 8.50. The summed E-state index contributed by atoms with van der Waals surface area (Å²) in [7, 11) is -3.42. The fourth-order valence-electron chi connectivity index (χ4n) is 1.63. The smallest absolute Gasteiger partial charge is 0.182 e. The Morgan fingerprint density at radius 3 is 2.28 bits per heavy atom. The molecular weight excluding hydrogens is 270 g/mol. The number of hydrogen-bond donors (Lipinski definition) is 1. The number of benzene rings is 2. The molecule has 2 rings (SSSR count). The Labute approximate surface area is 111 Å². The molecule has 0 saturated heterocycles. The third-order valence-corrected chi connectivity index (χ3v) is 4.60. The van der Waals surface area contributed by atoms with Crippen molar-refractivity contribution in [3.05, 3.63) is 59.1 Å². The van der Waals surface area contributed by atoms with Crippen LogP contribution in [0.25, 0.3) is 0 Å². The lowest BCUT2D eigenvalue weighted by Crippen LogP contribution is -2.07. The molecule has 18 heavy (non-hydrogen) atoms. The van der Waals surface area contributed by atoms with E-state index >= 15 is 0 Å². The zero-order chi connectivity index (χ0) is 13.2. The molecule has 0 bridgehead atoms. The average Bonchev–Trinajstić information content (AvgIpc) is 2.35. The second-order valence-electron chi connectivity index (χ2n) is 3.88. The Morgan fingerprint density at radius 1 is 1.00 bits per heavy atom. The zero-order valence-corrected chi connectivity index (χ0v) is 11.1. The lowest BCUT2D eigenvalue weighted by molar-refractivity contribution is 0.595. The van der Waals surface area contributed by atoms with Gasteiger partial charge in [-0.15, -0.1) is 0 Å². The highest BCUT2D eigenvalue weighted by atomic mass is 35.5. The van der Waals surface area contributed by atoms with E-state index in [9.17, 15) is 8.42 Å². The van der Waals surface area contributed by atoms with Crippen LogP contribution in [0.1, 0.15) is 5.56 Å². The Kier molecular flexibility index (Phi) is 3.59. The van der Waals surface area contributed by atoms with Crippen LogP contribution in [0.5, 0.6) is 0 Å². The zero-order valence-electron chi connectivity index (χ0n) is 9.51. The molecule has 0 unspecified atom stereocenters. The normalized spacial score (nSPS) is 11.4. The van der Waals surface area contributed by atoms with Crippen LogP contribution in [-0.2, 0) is 15.6 Å². The molecule has 2 aromatic carbocycles. The van der Waals surface area contributed by atoms with Gasteiger partial charge in [-0.1, -0.05) is 35.9 Å². The minimum Gasteiger partial charge on any atom is -0.398 e. The Bertz CT molecular complexity index is 634. The summed E-state index contributed by atoms with van der Waals surface area (Å²) in [4.78, 5) is 0.268. The van der Waals surface area contributed by atoms with Crippen molar-refractivity contribution in [3.8, 4) is 0 Å². The van der Waals surface area contributed by atoms with Crippen molar-refractivity contribution in [1.29, 1.82) is 0 Å². The molecule has 3 nitrogen and oxygen atoms in total. The maximum atomic E-state index is 12.2. The first kappa shape index (κ1) is 12.9. The molecule has 5 heteroatoms. The van der Waals surface area contributed by atoms with E-state index in [0.29, 0.717) is 16.3 Å². The summed E-state index contributed by atoms with van der Waals surface area (Å²) >= 11 is 5.98. The fourth-order valence-corrected chi connectivity index (χ4v) is 3.40. The van der Waals surface area contributed by atoms with Crippen molar-refractivity contribution < 1.29 is 8.42 Å². The van der Waals surface area contributed by atoms with Crippen molar-refractivity contribution in [2.75, 3.05) is 5.73 Å². The van der Waals surface area contributed by atoms with E-state index in [0.717, 1.165) is 0 Å². The highest BCUT2D eigenvalue weighted by Gasteiger charge is 2.18. The summed E-state index contributed by atoms with van der Waals surface area (Å²) in [5, 5.41) is 0.370. The van der Waals surface area contributed by atoms with Gasteiger partial charge in [-0.25, -0.2) is 8.42 Å². The summed E-state index contributed by atoms with van der Waals surface area (Å²) in [5.74, 6) is -0.192. The van der Waals surface area contributed by atoms with Crippen molar-refractivity contribution in [3.63, 3.8) is 0 Å². The predicted molar refractivity (Wildman–Crippen MR) is 73.2 cm³/mol. The molecule has 0 atom stereocenters. The van der Waals surface area contributed by atoms with Crippen molar-refractivity contribution in [2.24, 2.45) is 0 Å². The van der Waals surface area contributed by atoms with E-state index in [1.54, 1.807) is 48.5 Å². The molecular formula is C13H12ClNO2S. The molecule has 0 radical (unpaired) electrons. The fraction of sp³-hybridized carbons (Fsp3) is 0.0769. The molecule has 0 aliphatic rings. The highest BCUT2D eigenvalue weighted by molar-refractivity contribution is 7.90. The lowest BCUT2D eigenvalue weighted by Gasteiger charge is -2.09. The van der Waals surface area contributed by atoms with E-state index in [1.807, 2.05) is 0 Å². The molecule has 2 aromatic rings. The van der Waals surface area contributed by atoms with Gasteiger partial charge in [0.2, 0.25) is 0 Å². The van der Waals surface area contributed by atoms with Gasteiger partial charge in [0.1, 0.15) is 0 Å². The summed E-state index contributed by atoms with van der Waals surface area (Å²) < 4.78 is 24.4. The van der Waals surface area contributed by atoms with Crippen LogP contribution in [0, 0.1) is 0 Å². The van der Waals surface area contributed by atoms with Gasteiger partial charge in [-0.2, -0.15) is 0 Å². The molecule has 0 saturated carbocycles. The molecule has 0 aromatic heterocycles. The minimum absolute atomic E-state index is 0.192. The van der Waals surface area contributed by atoms with Crippen LogP contribution in [-0.4, -0.2) is 8.42 Å². The molecule has 0 aliphatic heterocycles. The highest BCUT2D eigenvalue weighted by Crippen LogP contribution is 2.26. The summed E-state index contributed by atoms with van der Waals surface area (Å²) in [6.07, 6.45) is 0. The van der Waals surface area contributed by atoms with E-state index in [-0.39, 0.29) is 10.6 Å². The van der Waals surface area contributed by atoms with E-state index in [1.165, 1.54) is 0 Å². The third-order valence-electron chi connectivity index (χ3n) is 2.59. The Morgan fingerprint density at radius 2 is 1.67 bits per heavy atom. The summed E-state index contributed by atoms with van der Waals surface area (Å²) in [5.41, 5.74) is 6.60. The monoisotopic (exact) mass is 281 g/mol. The predicted octanol–water partition coefficient (Wildman–Crippen LogP) is 2.90. The first-order valence-electron chi connectivity index (χ1n) is 5.31. The molecule has 0 fully saturated rings. The standard InChI is InChI=1S/C13H12ClNO2S/c14-12-7-4-8-13(15)11(12)9-18(16,17)10-5-2-1-3-6-10/h1-8H,9,15H2. The number of halogens is 1. The van der Waals surface area contributed by atoms with Gasteiger partial charge in [0, 0.05) is 16.3 Å². The number of hydrogen-bond acceptors (Lipinski definition) is 3. The van der Waals surface area contributed by atoms with Crippen LogP contribution >= 0.6 is 11.6 Å². The molecule has 0 amide bonds. The lowest BCUT2D eigenvalue weighted by atomic mass is 10.2. The van der Waals surface area contributed by atoms with Gasteiger partial charge in [0.15, 0.2) is 9.84 Å². The number of nitrogens with two attached hydrogens (primary N) is 1. The second-order valence-corrected chi connectivity index (χ2v) is 6.28. The number of nitrogen functional groups attached to an aromatic ring is 1. The number of rotatable bonds is 3. The summed E-state index contributed by atoms with van der Waals surface area (Å²) in [6.45, 7) is 0. The average molecular weight is 282 g/mol. The SMILES string of the molecule is Nc1cccc(Cl)c1CS(=O)(=O)c1ccccc1. The Hall–Kier alpha value is -1.52. The van der Waals surface area contributed by atoms with Gasteiger partial charge < -0.3 is 5.73 Å². The van der Waals surface area contributed by atoms with Crippen molar-refractivity contribution in [1.82, 2.24) is 0 Å². The Balaban J connectivity index is 2.41. The number of sulfone groups is 1. The summed E-state index contributed by atoms with van der Waals surface area (Å²) in [6, 6.07) is 13.2. The maximum Gasteiger partial charge on any atom is 0.182 e. The number of anilines is 1. The van der Waals surface area contributed by atoms with E-state index in [4.69, 9.17) is 17.3 Å². The van der Waals surface area contributed by atoms with Gasteiger partial charge in [0.25, 0.3) is 0 Å². The largest absolute Gasteiger partial charge is 0.398 e. The van der Waals surface area contributed by atoms with Gasteiger partial charge in [0.05, 0.1) is 10.6 Å². The molecule has 0 spiro atoms. The van der Waals surface area contributed by atoms with Crippen LogP contribution in [0.15, 0.2) is 53.4 Å². The maximum absolute atomic E-state index is 12.2. The van der Waals surface area contributed by atoms with Crippen molar-refractivity contribution >= 4 is 27.1 Å². The molecule has 0 heterocycles. The van der Waals surface area contributed by atoms with Crippen LogP contribution in [0.3, 0.4) is 0 Å². The van der Waals surface area contributed by atoms with Crippen molar-refractivity contribution in [2.45, 2.75) is 10.6 Å². The minimum atomic E-state index is -3.42. The quantitative estimate of drug-likeness (QED) is 0.880. The molecule has 2 N–H and O–H groups in total. The van der Waals surface area contributed by atoms with Crippen LogP contribution in [0.2, 0.25) is 5.02 Å². The van der Waals surface area contributed by atoms with Crippen LogP contribution < -0.4 is 5.73 Å². The van der Waals surface area contributed by atoms with Crippen LogP contribution in [0.4, 0.5) is 5.69 Å². The first-order valence-corrected chi connectivity index (χ1v) is 7.34.